The van der Waals surface area contributed by atoms with Gasteiger partial charge in [0.25, 0.3) is 0 Å². The molecule has 0 fully saturated rings. The lowest BCUT2D eigenvalue weighted by atomic mass is 9.76. The van der Waals surface area contributed by atoms with E-state index in [1.807, 2.05) is 41.1 Å². The standard InChI is InChI=1S/C22H25N5OS/c1-15(2)19(22-24-25-26-27(22)14-16-8-4-3-5-9-16)20(17-10-6-12-28-17)21(23)18-11-7-13-29-18/h3-13,15,19-21H,14,23H2,1-2H3. The molecule has 0 amide bonds. The molecule has 0 spiro atoms. The summed E-state index contributed by atoms with van der Waals surface area (Å²) in [6.45, 7) is 4.98. The zero-order valence-corrected chi connectivity index (χ0v) is 17.4. The van der Waals surface area contributed by atoms with E-state index in [2.05, 4.69) is 53.0 Å². The largest absolute Gasteiger partial charge is 0.469 e. The van der Waals surface area contributed by atoms with E-state index in [0.717, 1.165) is 22.0 Å². The Hall–Kier alpha value is -2.77. The third-order valence-corrected chi connectivity index (χ3v) is 6.24. The van der Waals surface area contributed by atoms with E-state index in [0.29, 0.717) is 6.54 Å². The first kappa shape index (κ1) is 19.5. The second kappa shape index (κ2) is 8.71. The van der Waals surface area contributed by atoms with E-state index < -0.39 is 0 Å². The molecule has 3 heterocycles. The molecular formula is C22H25N5OS. The molecule has 0 radical (unpaired) electrons. The normalized spacial score (nSPS) is 14.8. The minimum absolute atomic E-state index is 0.00281. The predicted octanol–water partition coefficient (Wildman–Crippen LogP) is 4.60. The highest BCUT2D eigenvalue weighted by atomic mass is 32.1. The van der Waals surface area contributed by atoms with Crippen molar-refractivity contribution < 1.29 is 4.42 Å². The summed E-state index contributed by atoms with van der Waals surface area (Å²) in [5.41, 5.74) is 7.95. The first-order chi connectivity index (χ1) is 14.1. The summed E-state index contributed by atoms with van der Waals surface area (Å²) >= 11 is 1.66. The molecule has 3 atom stereocenters. The van der Waals surface area contributed by atoms with Crippen LogP contribution in [0.3, 0.4) is 0 Å². The summed E-state index contributed by atoms with van der Waals surface area (Å²) in [6, 6.07) is 18.0. The van der Waals surface area contributed by atoms with Gasteiger partial charge in [-0.2, -0.15) is 0 Å². The Labute approximate surface area is 174 Å². The highest BCUT2D eigenvalue weighted by Gasteiger charge is 2.38. The van der Waals surface area contributed by atoms with E-state index in [-0.39, 0.29) is 23.8 Å². The van der Waals surface area contributed by atoms with Crippen molar-refractivity contribution in [2.24, 2.45) is 11.7 Å². The molecule has 0 saturated heterocycles. The molecule has 4 aromatic rings. The number of thiophene rings is 1. The Morgan fingerprint density at radius 1 is 1.03 bits per heavy atom. The van der Waals surface area contributed by atoms with Gasteiger partial charge in [0, 0.05) is 22.8 Å². The van der Waals surface area contributed by atoms with E-state index in [1.54, 1.807) is 17.6 Å². The first-order valence-electron chi connectivity index (χ1n) is 9.77. The van der Waals surface area contributed by atoms with E-state index in [9.17, 15) is 0 Å². The fraction of sp³-hybridized carbons (Fsp3) is 0.318. The van der Waals surface area contributed by atoms with Crippen LogP contribution in [0.25, 0.3) is 0 Å². The van der Waals surface area contributed by atoms with Crippen LogP contribution in [0.15, 0.2) is 70.7 Å². The molecular weight excluding hydrogens is 382 g/mol. The maximum Gasteiger partial charge on any atom is 0.155 e. The number of furan rings is 1. The Morgan fingerprint density at radius 2 is 1.86 bits per heavy atom. The van der Waals surface area contributed by atoms with Gasteiger partial charge in [0.05, 0.1) is 12.8 Å². The maximum atomic E-state index is 6.79. The average Bonchev–Trinajstić information content (AvgIpc) is 3.48. The molecule has 150 valence electrons. The van der Waals surface area contributed by atoms with E-state index in [4.69, 9.17) is 10.2 Å². The van der Waals surface area contributed by atoms with Crippen LogP contribution in [-0.4, -0.2) is 20.2 Å². The van der Waals surface area contributed by atoms with Crippen LogP contribution < -0.4 is 5.73 Å². The molecule has 4 rings (SSSR count). The smallest absolute Gasteiger partial charge is 0.155 e. The molecule has 0 saturated carbocycles. The Morgan fingerprint density at radius 3 is 2.52 bits per heavy atom. The lowest BCUT2D eigenvalue weighted by Gasteiger charge is -2.31. The second-order valence-corrected chi connectivity index (χ2v) is 8.51. The third kappa shape index (κ3) is 4.16. The van der Waals surface area contributed by atoms with Crippen molar-refractivity contribution in [1.29, 1.82) is 0 Å². The van der Waals surface area contributed by atoms with Crippen LogP contribution in [0.5, 0.6) is 0 Å². The van der Waals surface area contributed by atoms with E-state index >= 15 is 0 Å². The van der Waals surface area contributed by atoms with E-state index in [1.165, 1.54) is 0 Å². The Bertz CT molecular complexity index is 995. The summed E-state index contributed by atoms with van der Waals surface area (Å²) in [7, 11) is 0. The SMILES string of the molecule is CC(C)C(c1nnnn1Cc1ccccc1)C(c1ccco1)C(N)c1cccs1. The molecule has 2 N–H and O–H groups in total. The number of hydrogen-bond donors (Lipinski definition) is 1. The van der Waals surface area contributed by atoms with Crippen molar-refractivity contribution >= 4 is 11.3 Å². The summed E-state index contributed by atoms with van der Waals surface area (Å²) in [5, 5.41) is 14.8. The average molecular weight is 408 g/mol. The molecule has 0 aliphatic heterocycles. The van der Waals surface area contributed by atoms with Gasteiger partial charge < -0.3 is 10.2 Å². The van der Waals surface area contributed by atoms with Gasteiger partial charge in [0.15, 0.2) is 5.82 Å². The van der Waals surface area contributed by atoms with Gasteiger partial charge in [-0.1, -0.05) is 50.2 Å². The van der Waals surface area contributed by atoms with Gasteiger partial charge in [-0.25, -0.2) is 4.68 Å². The highest BCUT2D eigenvalue weighted by molar-refractivity contribution is 7.10. The number of nitrogens with zero attached hydrogens (tertiary/aromatic N) is 4. The molecule has 0 aliphatic rings. The van der Waals surface area contributed by atoms with Crippen LogP contribution in [-0.2, 0) is 6.54 Å². The molecule has 7 heteroatoms. The van der Waals surface area contributed by atoms with Gasteiger partial charge in [0.2, 0.25) is 0 Å². The van der Waals surface area contributed by atoms with Crippen LogP contribution in [0, 0.1) is 5.92 Å². The number of aromatic nitrogens is 4. The number of nitrogens with two attached hydrogens (primary N) is 1. The molecule has 29 heavy (non-hydrogen) atoms. The van der Waals surface area contributed by atoms with Crippen LogP contribution in [0.4, 0.5) is 0 Å². The number of tetrazole rings is 1. The van der Waals surface area contributed by atoms with Crippen LogP contribution >= 0.6 is 11.3 Å². The quantitative estimate of drug-likeness (QED) is 0.461. The van der Waals surface area contributed by atoms with Crippen molar-refractivity contribution in [3.05, 3.63) is 88.3 Å². The van der Waals surface area contributed by atoms with Crippen LogP contribution in [0.1, 0.15) is 53.8 Å². The molecule has 3 aromatic heterocycles. The lowest BCUT2D eigenvalue weighted by molar-refractivity contribution is 0.308. The molecule has 0 aliphatic carbocycles. The summed E-state index contributed by atoms with van der Waals surface area (Å²) in [4.78, 5) is 1.12. The zero-order chi connectivity index (χ0) is 20.2. The van der Waals surface area contributed by atoms with Crippen LogP contribution in [0.2, 0.25) is 0 Å². The van der Waals surface area contributed by atoms with Crippen molar-refractivity contribution in [3.63, 3.8) is 0 Å². The van der Waals surface area contributed by atoms with Gasteiger partial charge >= 0.3 is 0 Å². The Kier molecular flexibility index (Phi) is 5.87. The number of rotatable bonds is 8. The lowest BCUT2D eigenvalue weighted by Crippen LogP contribution is -2.29. The van der Waals surface area contributed by atoms with Gasteiger partial charge in [0.1, 0.15) is 5.76 Å². The summed E-state index contributed by atoms with van der Waals surface area (Å²) in [6.07, 6.45) is 1.70. The van der Waals surface area contributed by atoms with Crippen molar-refractivity contribution in [2.75, 3.05) is 0 Å². The highest BCUT2D eigenvalue weighted by Crippen LogP contribution is 2.45. The van der Waals surface area contributed by atoms with Gasteiger partial charge in [-0.15, -0.1) is 16.4 Å². The van der Waals surface area contributed by atoms with Crippen molar-refractivity contribution in [3.8, 4) is 0 Å². The fourth-order valence-corrected chi connectivity index (χ4v) is 4.68. The maximum absolute atomic E-state index is 6.79. The first-order valence-corrected chi connectivity index (χ1v) is 10.7. The minimum Gasteiger partial charge on any atom is -0.469 e. The summed E-state index contributed by atoms with van der Waals surface area (Å²) in [5.74, 6) is 1.87. The minimum atomic E-state index is -0.213. The van der Waals surface area contributed by atoms with Gasteiger partial charge in [-0.05, 0) is 45.5 Å². The molecule has 1 aromatic carbocycles. The Balaban J connectivity index is 1.75. The number of hydrogen-bond acceptors (Lipinski definition) is 6. The van der Waals surface area contributed by atoms with Crippen molar-refractivity contribution in [2.45, 2.75) is 38.3 Å². The zero-order valence-electron chi connectivity index (χ0n) is 16.6. The topological polar surface area (TPSA) is 82.8 Å². The predicted molar refractivity (Wildman–Crippen MR) is 114 cm³/mol. The fourth-order valence-electron chi connectivity index (χ4n) is 3.91. The summed E-state index contributed by atoms with van der Waals surface area (Å²) < 4.78 is 7.73. The molecule has 3 unspecified atom stereocenters. The molecule has 6 nitrogen and oxygen atoms in total. The third-order valence-electron chi connectivity index (χ3n) is 5.27. The van der Waals surface area contributed by atoms with Crippen molar-refractivity contribution in [1.82, 2.24) is 20.2 Å². The molecule has 0 bridgehead atoms. The monoisotopic (exact) mass is 407 g/mol. The number of benzene rings is 1. The second-order valence-electron chi connectivity index (χ2n) is 7.53. The van der Waals surface area contributed by atoms with Gasteiger partial charge in [-0.3, -0.25) is 0 Å².